The molecule has 0 fully saturated rings. The molecule has 4 aromatic rings. The number of nitrogens with zero attached hydrogens (tertiary/aromatic N) is 2. The molecule has 3 heterocycles. The number of ketones is 1. The minimum atomic E-state index is -1.26. The standard InChI is InChI=1S/C31H25N3O8.C12H15N3O3.CH4/c1-16(2)34-15-18(29(38)33-31(34)41)4-3-11-32-28(37)17-5-8-21(24(12-17)30(39)40)27-22-9-6-19(35)13-25(22)42-26-14-20(36)7-10-23(26)27;1-8(2)15-7-10(11(17)14-12(15)18)5-4-6-13-9(3)16;/h5-10,12-13,15-16,27,35H,11,14H2,1-2H3,(H,32,37)(H,39,40)(H,33,38,41);7-8H,6H2,1-3H3,(H,13,16)(H,14,17,18);1H4. The number of rotatable bonds is 7. The smallest absolute Gasteiger partial charge is 0.336 e. The van der Waals surface area contributed by atoms with E-state index in [1.54, 1.807) is 32.1 Å². The fourth-order valence-electron chi connectivity index (χ4n) is 6.16. The van der Waals surface area contributed by atoms with Crippen LogP contribution in [0, 0.1) is 23.7 Å². The molecule has 0 saturated carbocycles. The fourth-order valence-corrected chi connectivity index (χ4v) is 6.16. The molecule has 61 heavy (non-hydrogen) atoms. The molecule has 17 nitrogen and oxygen atoms in total. The summed E-state index contributed by atoms with van der Waals surface area (Å²) in [6.45, 7) is 8.62. The van der Waals surface area contributed by atoms with Gasteiger partial charge in [-0.15, -0.1) is 0 Å². The topological polar surface area (TPSA) is 252 Å². The van der Waals surface area contributed by atoms with Crippen molar-refractivity contribution in [3.63, 3.8) is 0 Å². The molecule has 1 aliphatic carbocycles. The Hall–Kier alpha value is -7.92. The predicted octanol–water partition coefficient (Wildman–Crippen LogP) is 2.85. The van der Waals surface area contributed by atoms with E-state index in [0.717, 1.165) is 0 Å². The average Bonchev–Trinajstić information content (AvgIpc) is 3.18. The lowest BCUT2D eigenvalue weighted by atomic mass is 9.78. The van der Waals surface area contributed by atoms with Gasteiger partial charge in [0.05, 0.1) is 25.1 Å². The van der Waals surface area contributed by atoms with Crippen LogP contribution in [0.3, 0.4) is 0 Å². The SMILES string of the molecule is C.CC(=O)NCC#Cc1cn(C(C)C)c(=O)[nH]c1=O.CC(C)n1cc(C#CCNC(=O)c2ccc(C3C4=C(CC(=O)C=C4)Oc4cc(O)ccc43)c(C(=O)O)c2)c(=O)[nH]c1=O. The monoisotopic (exact) mass is 832 g/mol. The van der Waals surface area contributed by atoms with E-state index in [1.165, 1.54) is 58.8 Å². The van der Waals surface area contributed by atoms with Crippen molar-refractivity contribution in [2.24, 2.45) is 0 Å². The van der Waals surface area contributed by atoms with Crippen molar-refractivity contribution in [2.45, 2.75) is 66.5 Å². The number of carboxylic acids is 1. The number of carbonyl (C=O) groups is 4. The summed E-state index contributed by atoms with van der Waals surface area (Å²) >= 11 is 0. The van der Waals surface area contributed by atoms with Gasteiger partial charge < -0.3 is 25.6 Å². The van der Waals surface area contributed by atoms with Gasteiger partial charge in [0.2, 0.25) is 5.91 Å². The van der Waals surface area contributed by atoms with Crippen molar-refractivity contribution in [1.29, 1.82) is 0 Å². The number of amides is 2. The summed E-state index contributed by atoms with van der Waals surface area (Å²) in [4.78, 5) is 99.3. The first-order valence-electron chi connectivity index (χ1n) is 18.5. The highest BCUT2D eigenvalue weighted by Crippen LogP contribution is 2.47. The van der Waals surface area contributed by atoms with Gasteiger partial charge in [0.25, 0.3) is 17.0 Å². The molecule has 6 N–H and O–H groups in total. The van der Waals surface area contributed by atoms with Gasteiger partial charge in [0.15, 0.2) is 5.78 Å². The Kier molecular flexibility index (Phi) is 14.8. The second-order valence-corrected chi connectivity index (χ2v) is 14.0. The molecular weight excluding hydrogens is 789 g/mol. The van der Waals surface area contributed by atoms with Crippen LogP contribution in [0.15, 0.2) is 91.5 Å². The molecule has 6 rings (SSSR count). The third kappa shape index (κ3) is 11.0. The summed E-state index contributed by atoms with van der Waals surface area (Å²) in [6.07, 6.45) is 5.78. The van der Waals surface area contributed by atoms with Crippen molar-refractivity contribution < 1.29 is 34.1 Å². The van der Waals surface area contributed by atoms with Crippen molar-refractivity contribution in [1.82, 2.24) is 29.7 Å². The highest BCUT2D eigenvalue weighted by molar-refractivity contribution is 5.99. The summed E-state index contributed by atoms with van der Waals surface area (Å²) in [7, 11) is 0. The Balaban J connectivity index is 0.000000363. The Morgan fingerprint density at radius 1 is 0.820 bits per heavy atom. The van der Waals surface area contributed by atoms with Gasteiger partial charge in [0.1, 0.15) is 28.4 Å². The van der Waals surface area contributed by atoms with Crippen LogP contribution in [0.4, 0.5) is 0 Å². The maximum atomic E-state index is 12.9. The van der Waals surface area contributed by atoms with Crippen LogP contribution in [-0.4, -0.2) is 66.0 Å². The molecule has 2 aromatic carbocycles. The highest BCUT2D eigenvalue weighted by Gasteiger charge is 2.35. The van der Waals surface area contributed by atoms with Crippen molar-refractivity contribution in [3.8, 4) is 35.2 Å². The molecule has 0 radical (unpaired) electrons. The van der Waals surface area contributed by atoms with Gasteiger partial charge in [-0.1, -0.05) is 49.3 Å². The van der Waals surface area contributed by atoms with E-state index in [1.807, 2.05) is 13.8 Å². The van der Waals surface area contributed by atoms with Crippen LogP contribution in [0.1, 0.15) is 109 Å². The number of allylic oxidation sites excluding steroid dienone is 4. The molecule has 0 saturated heterocycles. The van der Waals surface area contributed by atoms with Crippen LogP contribution in [0.5, 0.6) is 11.5 Å². The summed E-state index contributed by atoms with van der Waals surface area (Å²) in [5, 5.41) is 25.2. The van der Waals surface area contributed by atoms with Gasteiger partial charge >= 0.3 is 17.3 Å². The first-order chi connectivity index (χ1) is 28.4. The number of phenolic OH excluding ortho intramolecular Hbond substituents is 1. The van der Waals surface area contributed by atoms with Gasteiger partial charge in [-0.25, -0.2) is 14.4 Å². The van der Waals surface area contributed by atoms with Crippen molar-refractivity contribution >= 4 is 23.6 Å². The van der Waals surface area contributed by atoms with Crippen molar-refractivity contribution in [3.05, 3.63) is 147 Å². The lowest BCUT2D eigenvalue weighted by molar-refractivity contribution is -0.118. The number of fused-ring (bicyclic) bond motifs is 1. The molecular formula is C44H44N6O11. The normalized spacial score (nSPS) is 13.4. The minimum absolute atomic E-state index is 0. The molecule has 316 valence electrons. The van der Waals surface area contributed by atoms with Gasteiger partial charge in [-0.3, -0.25) is 43.1 Å². The highest BCUT2D eigenvalue weighted by atomic mass is 16.5. The molecule has 1 aliphatic heterocycles. The maximum Gasteiger partial charge on any atom is 0.336 e. The van der Waals surface area contributed by atoms with Gasteiger partial charge in [-0.2, -0.15) is 0 Å². The van der Waals surface area contributed by atoms with Crippen molar-refractivity contribution in [2.75, 3.05) is 13.1 Å². The summed E-state index contributed by atoms with van der Waals surface area (Å²) < 4.78 is 8.63. The quantitative estimate of drug-likeness (QED) is 0.148. The van der Waals surface area contributed by atoms with Crippen LogP contribution >= 0.6 is 0 Å². The lowest BCUT2D eigenvalue weighted by Gasteiger charge is -2.32. The van der Waals surface area contributed by atoms with Gasteiger partial charge in [0, 0.05) is 60.1 Å². The van der Waals surface area contributed by atoms with Crippen LogP contribution < -0.4 is 37.9 Å². The lowest BCUT2D eigenvalue weighted by Crippen LogP contribution is -2.32. The molecule has 2 amide bonds. The maximum absolute atomic E-state index is 12.9. The molecule has 1 unspecified atom stereocenters. The first kappa shape index (κ1) is 45.8. The molecule has 2 aliphatic rings. The van der Waals surface area contributed by atoms with E-state index in [-0.39, 0.29) is 78.7 Å². The second kappa shape index (κ2) is 19.7. The minimum Gasteiger partial charge on any atom is -0.508 e. The molecule has 1 atom stereocenters. The Morgan fingerprint density at radius 3 is 1.92 bits per heavy atom. The zero-order valence-electron chi connectivity index (χ0n) is 33.1. The Bertz CT molecular complexity index is 2850. The summed E-state index contributed by atoms with van der Waals surface area (Å²) in [5.41, 5.74) is -0.367. The number of aromatic carboxylic acids is 1. The molecule has 17 heteroatoms. The fraction of sp³-hybridized carbons (Fsp3) is 0.273. The number of hydrogen-bond donors (Lipinski definition) is 6. The average molecular weight is 833 g/mol. The third-order valence-electron chi connectivity index (χ3n) is 9.07. The third-order valence-corrected chi connectivity index (χ3v) is 9.07. The number of hydrogen-bond acceptors (Lipinski definition) is 10. The number of nitrogens with one attached hydrogen (secondary N) is 4. The Labute approximate surface area is 348 Å². The van der Waals surface area contributed by atoms with E-state index in [4.69, 9.17) is 4.74 Å². The van der Waals surface area contributed by atoms with E-state index in [2.05, 4.69) is 44.3 Å². The number of aromatic hydroxyl groups is 1. The second-order valence-electron chi connectivity index (χ2n) is 14.0. The number of aromatic amines is 2. The van der Waals surface area contributed by atoms with Gasteiger partial charge in [-0.05, 0) is 57.5 Å². The first-order valence-corrected chi connectivity index (χ1v) is 18.5. The van der Waals surface area contributed by atoms with Crippen LogP contribution in [-0.2, 0) is 9.59 Å². The number of benzene rings is 2. The Morgan fingerprint density at radius 2 is 1.38 bits per heavy atom. The van der Waals surface area contributed by atoms with Crippen LogP contribution in [0.2, 0.25) is 0 Å². The molecule has 2 aromatic heterocycles. The number of ether oxygens (including phenoxy) is 1. The zero-order chi connectivity index (χ0) is 43.8. The molecule has 0 bridgehead atoms. The van der Waals surface area contributed by atoms with Crippen LogP contribution in [0.25, 0.3) is 0 Å². The van der Waals surface area contributed by atoms with E-state index < -0.39 is 40.3 Å². The number of carbonyl (C=O) groups excluding carboxylic acids is 3. The summed E-state index contributed by atoms with van der Waals surface area (Å²) in [6, 6.07) is 8.54. The predicted molar refractivity (Wildman–Crippen MR) is 225 cm³/mol. The van der Waals surface area contributed by atoms with E-state index in [9.17, 15) is 48.6 Å². The number of carboxylic acid groups (broad SMARTS) is 1. The number of aromatic nitrogens is 4. The van der Waals surface area contributed by atoms with E-state index >= 15 is 0 Å². The zero-order valence-corrected chi connectivity index (χ0v) is 33.1. The number of phenols is 1. The largest absolute Gasteiger partial charge is 0.508 e. The summed E-state index contributed by atoms with van der Waals surface area (Å²) in [5.74, 6) is 8.37. The number of H-pyrrole nitrogens is 2. The van der Waals surface area contributed by atoms with E-state index in [0.29, 0.717) is 28.2 Å². The molecule has 0 spiro atoms.